The molecule has 0 saturated heterocycles. The zero-order valence-corrected chi connectivity index (χ0v) is 17.7. The highest BCUT2D eigenvalue weighted by molar-refractivity contribution is 6.09. The molecule has 2 aromatic rings. The van der Waals surface area contributed by atoms with E-state index in [4.69, 9.17) is 0 Å². The first kappa shape index (κ1) is 20.5. The van der Waals surface area contributed by atoms with Crippen molar-refractivity contribution in [1.82, 2.24) is 9.80 Å². The monoisotopic (exact) mass is 402 g/mol. The second-order valence-electron chi connectivity index (χ2n) is 8.24. The van der Waals surface area contributed by atoms with E-state index in [9.17, 15) is 9.59 Å². The first-order valence-electron chi connectivity index (χ1n) is 11.0. The quantitative estimate of drug-likeness (QED) is 0.517. The van der Waals surface area contributed by atoms with Crippen molar-refractivity contribution in [2.24, 2.45) is 0 Å². The molecule has 156 valence electrons. The van der Waals surface area contributed by atoms with Gasteiger partial charge >= 0.3 is 0 Å². The molecule has 30 heavy (non-hydrogen) atoms. The highest BCUT2D eigenvalue weighted by Crippen LogP contribution is 2.30. The highest BCUT2D eigenvalue weighted by Gasteiger charge is 2.37. The first-order valence-corrected chi connectivity index (χ1v) is 11.0. The molecular weight excluding hydrogens is 372 g/mol. The Kier molecular flexibility index (Phi) is 6.44. The zero-order chi connectivity index (χ0) is 20.9. The van der Waals surface area contributed by atoms with Crippen LogP contribution >= 0.6 is 0 Å². The van der Waals surface area contributed by atoms with Gasteiger partial charge in [-0.1, -0.05) is 60.7 Å². The molecule has 0 aromatic heterocycles. The topological polar surface area (TPSA) is 40.6 Å². The molecular formula is C26H30N2O2. The zero-order valence-electron chi connectivity index (χ0n) is 17.7. The average molecular weight is 403 g/mol. The lowest BCUT2D eigenvalue weighted by Gasteiger charge is -2.37. The summed E-state index contributed by atoms with van der Waals surface area (Å²) in [6.07, 6.45) is 8.21. The van der Waals surface area contributed by atoms with Crippen LogP contribution in [0.5, 0.6) is 0 Å². The van der Waals surface area contributed by atoms with Crippen molar-refractivity contribution in [2.75, 3.05) is 19.6 Å². The van der Waals surface area contributed by atoms with E-state index < -0.39 is 0 Å². The van der Waals surface area contributed by atoms with E-state index in [0.29, 0.717) is 23.6 Å². The van der Waals surface area contributed by atoms with Gasteiger partial charge in [0.2, 0.25) is 5.91 Å². The minimum Gasteiger partial charge on any atom is -0.338 e. The molecule has 4 heteroatoms. The number of carbonyl (C=O) groups is 2. The van der Waals surface area contributed by atoms with Gasteiger partial charge in [0.15, 0.2) is 5.78 Å². The molecule has 1 amide bonds. The largest absolute Gasteiger partial charge is 0.338 e. The Morgan fingerprint density at radius 3 is 2.43 bits per heavy atom. The standard InChI is InChI=1S/C26H30N2O2/c1-2-28(24-15-9-14-23(24)27-16-6-7-17-27)25(29)19-20-10-8-13-22(18-20)26(30)21-11-4-3-5-12-21/h3-8,10-13,18,23-24H,2,9,14-17,19H2,1H3. The normalized spacial score (nSPS) is 21.1. The number of carbonyl (C=O) groups excluding carboxylic acids is 2. The summed E-state index contributed by atoms with van der Waals surface area (Å²) in [6.45, 7) is 4.79. The number of hydrogen-bond acceptors (Lipinski definition) is 3. The summed E-state index contributed by atoms with van der Waals surface area (Å²) in [7, 11) is 0. The van der Waals surface area contributed by atoms with Gasteiger partial charge in [-0.3, -0.25) is 14.5 Å². The molecule has 2 atom stereocenters. The summed E-state index contributed by atoms with van der Waals surface area (Å²) in [5.41, 5.74) is 2.21. The second-order valence-corrected chi connectivity index (χ2v) is 8.24. The lowest BCUT2D eigenvalue weighted by atomic mass is 9.99. The van der Waals surface area contributed by atoms with Gasteiger partial charge in [-0.25, -0.2) is 0 Å². The van der Waals surface area contributed by atoms with E-state index in [1.165, 1.54) is 6.42 Å². The Morgan fingerprint density at radius 2 is 1.70 bits per heavy atom. The second kappa shape index (κ2) is 9.40. The first-order chi connectivity index (χ1) is 14.7. The number of benzene rings is 2. The Bertz CT molecular complexity index is 914. The average Bonchev–Trinajstić information content (AvgIpc) is 3.46. The predicted molar refractivity (Wildman–Crippen MR) is 120 cm³/mol. The molecule has 1 saturated carbocycles. The SMILES string of the molecule is CCN(C(=O)Cc1cccc(C(=O)c2ccccc2)c1)C1CCCC1N1CC=CC1. The van der Waals surface area contributed by atoms with E-state index in [-0.39, 0.29) is 17.7 Å². The van der Waals surface area contributed by atoms with Crippen LogP contribution in [0.3, 0.4) is 0 Å². The van der Waals surface area contributed by atoms with Gasteiger partial charge in [-0.2, -0.15) is 0 Å². The van der Waals surface area contributed by atoms with Gasteiger partial charge in [0.05, 0.1) is 6.42 Å². The molecule has 4 rings (SSSR count). The number of likely N-dealkylation sites (N-methyl/N-ethyl adjacent to an activating group) is 1. The van der Waals surface area contributed by atoms with Crippen LogP contribution in [0.25, 0.3) is 0 Å². The Morgan fingerprint density at radius 1 is 0.967 bits per heavy atom. The summed E-state index contributed by atoms with van der Waals surface area (Å²) in [5, 5.41) is 0. The van der Waals surface area contributed by atoms with E-state index in [1.807, 2.05) is 54.6 Å². The van der Waals surface area contributed by atoms with Gasteiger partial charge in [-0.15, -0.1) is 0 Å². The highest BCUT2D eigenvalue weighted by atomic mass is 16.2. The minimum atomic E-state index is -0.00497. The molecule has 4 nitrogen and oxygen atoms in total. The van der Waals surface area contributed by atoms with Crippen LogP contribution in [0, 0.1) is 0 Å². The third-order valence-corrected chi connectivity index (χ3v) is 6.40. The number of ketones is 1. The van der Waals surface area contributed by atoms with Crippen molar-refractivity contribution >= 4 is 11.7 Å². The Hall–Kier alpha value is -2.72. The van der Waals surface area contributed by atoms with Gasteiger partial charge in [0, 0.05) is 42.8 Å². The number of rotatable bonds is 7. The fraction of sp³-hybridized carbons (Fsp3) is 0.385. The smallest absolute Gasteiger partial charge is 0.227 e. The van der Waals surface area contributed by atoms with Crippen molar-refractivity contribution in [1.29, 1.82) is 0 Å². The lowest BCUT2D eigenvalue weighted by Crippen LogP contribution is -2.50. The van der Waals surface area contributed by atoms with E-state index in [2.05, 4.69) is 28.9 Å². The van der Waals surface area contributed by atoms with E-state index in [0.717, 1.165) is 38.0 Å². The summed E-state index contributed by atoms with van der Waals surface area (Å²) < 4.78 is 0. The van der Waals surface area contributed by atoms with E-state index in [1.54, 1.807) is 0 Å². The van der Waals surface area contributed by atoms with Crippen molar-refractivity contribution in [3.8, 4) is 0 Å². The molecule has 1 aliphatic carbocycles. The molecule has 0 bridgehead atoms. The van der Waals surface area contributed by atoms with Crippen LogP contribution in [0.4, 0.5) is 0 Å². The molecule has 1 fully saturated rings. The summed E-state index contributed by atoms with van der Waals surface area (Å²) in [5.74, 6) is 0.153. The minimum absolute atomic E-state index is 0.00497. The van der Waals surface area contributed by atoms with E-state index >= 15 is 0 Å². The third kappa shape index (κ3) is 4.39. The summed E-state index contributed by atoms with van der Waals surface area (Å²) in [4.78, 5) is 30.6. The van der Waals surface area contributed by atoms with Crippen LogP contribution in [-0.4, -0.2) is 53.2 Å². The maximum absolute atomic E-state index is 13.2. The Balaban J connectivity index is 1.46. The molecule has 2 unspecified atom stereocenters. The maximum atomic E-state index is 13.2. The van der Waals surface area contributed by atoms with Crippen LogP contribution in [-0.2, 0) is 11.2 Å². The van der Waals surface area contributed by atoms with Crippen molar-refractivity contribution < 1.29 is 9.59 Å². The maximum Gasteiger partial charge on any atom is 0.227 e. The molecule has 2 aliphatic rings. The molecule has 1 heterocycles. The Labute approximate surface area is 179 Å². The van der Waals surface area contributed by atoms with Gasteiger partial charge < -0.3 is 4.90 Å². The van der Waals surface area contributed by atoms with Crippen molar-refractivity contribution in [3.05, 3.63) is 83.4 Å². The molecule has 2 aromatic carbocycles. The fourth-order valence-corrected chi connectivity index (χ4v) is 4.93. The van der Waals surface area contributed by atoms with Crippen LogP contribution < -0.4 is 0 Å². The fourth-order valence-electron chi connectivity index (χ4n) is 4.93. The molecule has 0 radical (unpaired) electrons. The van der Waals surface area contributed by atoms with Gasteiger partial charge in [0.25, 0.3) is 0 Å². The third-order valence-electron chi connectivity index (χ3n) is 6.40. The van der Waals surface area contributed by atoms with Crippen molar-refractivity contribution in [3.63, 3.8) is 0 Å². The van der Waals surface area contributed by atoms with Crippen LogP contribution in [0.2, 0.25) is 0 Å². The van der Waals surface area contributed by atoms with Crippen LogP contribution in [0.15, 0.2) is 66.7 Å². The van der Waals surface area contributed by atoms with Crippen LogP contribution in [0.1, 0.15) is 47.7 Å². The molecule has 1 aliphatic heterocycles. The van der Waals surface area contributed by atoms with Crippen molar-refractivity contribution in [2.45, 2.75) is 44.7 Å². The number of nitrogens with zero attached hydrogens (tertiary/aromatic N) is 2. The molecule has 0 spiro atoms. The summed E-state index contributed by atoms with van der Waals surface area (Å²) >= 11 is 0. The molecule has 0 N–H and O–H groups in total. The summed E-state index contributed by atoms with van der Waals surface area (Å²) in [6, 6.07) is 17.6. The number of hydrogen-bond donors (Lipinski definition) is 0. The predicted octanol–water partition coefficient (Wildman–Crippen LogP) is 4.10. The van der Waals surface area contributed by atoms with Gasteiger partial charge in [-0.05, 0) is 37.8 Å². The lowest BCUT2D eigenvalue weighted by molar-refractivity contribution is -0.133. The van der Waals surface area contributed by atoms with Gasteiger partial charge in [0.1, 0.15) is 0 Å². The number of amides is 1.